The van der Waals surface area contributed by atoms with Crippen LogP contribution in [0.3, 0.4) is 0 Å². The van der Waals surface area contributed by atoms with E-state index in [4.69, 9.17) is 9.47 Å². The normalized spacial score (nSPS) is 51.6. The molecule has 82 valence electrons. The van der Waals surface area contributed by atoms with Crippen molar-refractivity contribution in [2.24, 2.45) is 0 Å². The van der Waals surface area contributed by atoms with E-state index in [0.29, 0.717) is 0 Å². The molecule has 0 radical (unpaired) electrons. The number of rotatable bonds is 0. The monoisotopic (exact) mass is 206 g/mol. The minimum atomic E-state index is -1.44. The largest absolute Gasteiger partial charge is 0.387 e. The van der Waals surface area contributed by atoms with E-state index in [1.54, 1.807) is 13.8 Å². The maximum absolute atomic E-state index is 13.2. The summed E-state index contributed by atoms with van der Waals surface area (Å²) >= 11 is 0. The zero-order chi connectivity index (χ0) is 10.5. The van der Waals surface area contributed by atoms with E-state index >= 15 is 0 Å². The quantitative estimate of drug-likeness (QED) is 0.584. The van der Waals surface area contributed by atoms with Gasteiger partial charge >= 0.3 is 0 Å². The van der Waals surface area contributed by atoms with Gasteiger partial charge in [0.2, 0.25) is 0 Å². The van der Waals surface area contributed by atoms with E-state index in [1.165, 1.54) is 0 Å². The third-order valence-electron chi connectivity index (χ3n) is 2.74. The predicted octanol–water partition coefficient (Wildman–Crippen LogP) is -0.0299. The lowest BCUT2D eigenvalue weighted by Crippen LogP contribution is -2.53. The topological polar surface area (TPSA) is 58.9 Å². The molecule has 1 saturated carbocycles. The molecule has 1 saturated heterocycles. The molecule has 2 N–H and O–H groups in total. The number of alkyl halides is 1. The Labute approximate surface area is 81.6 Å². The molecular weight excluding hydrogens is 191 g/mol. The van der Waals surface area contributed by atoms with Crippen LogP contribution in [-0.4, -0.2) is 46.6 Å². The standard InChI is InChI=1S/C9H15FO4/c1-9(2)13-5-3-4(10)6(11)7(12)8(5)14-9/h4-8,11-12H,3H2,1-2H3/t4-,5+,6+,7+,8+/m1/s1. The van der Waals surface area contributed by atoms with Crippen molar-refractivity contribution < 1.29 is 24.1 Å². The second kappa shape index (κ2) is 3.13. The van der Waals surface area contributed by atoms with Crippen LogP contribution in [0.25, 0.3) is 0 Å². The molecule has 0 aromatic rings. The lowest BCUT2D eigenvalue weighted by Gasteiger charge is -2.33. The Morgan fingerprint density at radius 1 is 1.21 bits per heavy atom. The lowest BCUT2D eigenvalue weighted by molar-refractivity contribution is -0.161. The fourth-order valence-corrected chi connectivity index (χ4v) is 2.10. The summed E-state index contributed by atoms with van der Waals surface area (Å²) in [6.07, 6.45) is -5.01. The molecule has 1 aliphatic heterocycles. The Morgan fingerprint density at radius 2 is 1.86 bits per heavy atom. The van der Waals surface area contributed by atoms with E-state index in [0.717, 1.165) is 0 Å². The van der Waals surface area contributed by atoms with Crippen LogP contribution in [0.4, 0.5) is 4.39 Å². The minimum absolute atomic E-state index is 0.0757. The lowest BCUT2D eigenvalue weighted by atomic mass is 9.88. The highest BCUT2D eigenvalue weighted by molar-refractivity contribution is 4.98. The van der Waals surface area contributed by atoms with Crippen molar-refractivity contribution in [3.63, 3.8) is 0 Å². The molecule has 0 amide bonds. The van der Waals surface area contributed by atoms with Crippen molar-refractivity contribution in [1.82, 2.24) is 0 Å². The highest BCUT2D eigenvalue weighted by Crippen LogP contribution is 2.37. The van der Waals surface area contributed by atoms with Gasteiger partial charge in [-0.3, -0.25) is 0 Å². The number of hydrogen-bond acceptors (Lipinski definition) is 4. The molecule has 0 aromatic heterocycles. The molecule has 2 rings (SSSR count). The van der Waals surface area contributed by atoms with E-state index in [2.05, 4.69) is 0 Å². The number of aliphatic hydroxyl groups is 2. The zero-order valence-corrected chi connectivity index (χ0v) is 8.18. The SMILES string of the molecule is CC1(C)O[C@@H]2[C@@H](O)[C@@H](O)[C@H](F)C[C@@H]2O1. The molecule has 5 atom stereocenters. The maximum Gasteiger partial charge on any atom is 0.163 e. The van der Waals surface area contributed by atoms with Gasteiger partial charge in [-0.15, -0.1) is 0 Å². The predicted molar refractivity (Wildman–Crippen MR) is 45.4 cm³/mol. The molecule has 1 aliphatic carbocycles. The average Bonchev–Trinajstić information content (AvgIpc) is 2.37. The number of halogens is 1. The maximum atomic E-state index is 13.2. The van der Waals surface area contributed by atoms with Gasteiger partial charge in [0.05, 0.1) is 6.10 Å². The molecule has 1 heterocycles. The molecule has 4 nitrogen and oxygen atoms in total. The summed E-state index contributed by atoms with van der Waals surface area (Å²) in [6.45, 7) is 3.41. The highest BCUT2D eigenvalue weighted by Gasteiger charge is 2.52. The van der Waals surface area contributed by atoms with Crippen molar-refractivity contribution in [2.45, 2.75) is 56.6 Å². The first-order valence-corrected chi connectivity index (χ1v) is 4.76. The summed E-state index contributed by atoms with van der Waals surface area (Å²) in [5.41, 5.74) is 0. The van der Waals surface area contributed by atoms with Crippen LogP contribution >= 0.6 is 0 Å². The van der Waals surface area contributed by atoms with Gasteiger partial charge in [0, 0.05) is 6.42 Å². The van der Waals surface area contributed by atoms with Crippen LogP contribution < -0.4 is 0 Å². The first-order valence-electron chi connectivity index (χ1n) is 4.76. The van der Waals surface area contributed by atoms with E-state index in [1.807, 2.05) is 0 Å². The minimum Gasteiger partial charge on any atom is -0.387 e. The second-order valence-electron chi connectivity index (χ2n) is 4.37. The number of hydrogen-bond donors (Lipinski definition) is 2. The van der Waals surface area contributed by atoms with Gasteiger partial charge in [-0.1, -0.05) is 0 Å². The van der Waals surface area contributed by atoms with Crippen molar-refractivity contribution in [3.8, 4) is 0 Å². The van der Waals surface area contributed by atoms with E-state index < -0.39 is 36.4 Å². The first-order chi connectivity index (χ1) is 6.41. The van der Waals surface area contributed by atoms with E-state index in [9.17, 15) is 14.6 Å². The number of fused-ring (bicyclic) bond motifs is 1. The van der Waals surface area contributed by atoms with Gasteiger partial charge in [-0.05, 0) is 13.8 Å². The van der Waals surface area contributed by atoms with Gasteiger partial charge in [0.15, 0.2) is 5.79 Å². The fraction of sp³-hybridized carbons (Fsp3) is 1.00. The van der Waals surface area contributed by atoms with Gasteiger partial charge in [-0.25, -0.2) is 4.39 Å². The Balaban J connectivity index is 2.15. The summed E-state index contributed by atoms with van der Waals surface area (Å²) < 4.78 is 24.0. The van der Waals surface area contributed by atoms with Crippen LogP contribution in [0.2, 0.25) is 0 Å². The Hall–Kier alpha value is -0.230. The Kier molecular flexibility index (Phi) is 2.30. The fourth-order valence-electron chi connectivity index (χ4n) is 2.10. The first kappa shape index (κ1) is 10.3. The van der Waals surface area contributed by atoms with Crippen LogP contribution in [0.5, 0.6) is 0 Å². The number of ether oxygens (including phenoxy) is 2. The Morgan fingerprint density at radius 3 is 2.50 bits per heavy atom. The average molecular weight is 206 g/mol. The molecule has 0 aromatic carbocycles. The second-order valence-corrected chi connectivity index (χ2v) is 4.37. The van der Waals surface area contributed by atoms with Crippen LogP contribution in [-0.2, 0) is 9.47 Å². The summed E-state index contributed by atoms with van der Waals surface area (Å²) in [5.74, 6) is -0.805. The third-order valence-corrected chi connectivity index (χ3v) is 2.74. The molecule has 0 spiro atoms. The van der Waals surface area contributed by atoms with Gasteiger partial charge < -0.3 is 19.7 Å². The van der Waals surface area contributed by atoms with Crippen molar-refractivity contribution in [3.05, 3.63) is 0 Å². The van der Waals surface area contributed by atoms with Crippen molar-refractivity contribution >= 4 is 0 Å². The summed E-state index contributed by atoms with van der Waals surface area (Å²) in [4.78, 5) is 0. The zero-order valence-electron chi connectivity index (χ0n) is 8.18. The van der Waals surface area contributed by atoms with Crippen molar-refractivity contribution in [1.29, 1.82) is 0 Å². The Bertz CT molecular complexity index is 233. The van der Waals surface area contributed by atoms with Crippen LogP contribution in [0.1, 0.15) is 20.3 Å². The molecule has 5 heteroatoms. The summed E-state index contributed by atoms with van der Waals surface area (Å²) in [6, 6.07) is 0. The molecule has 2 fully saturated rings. The van der Waals surface area contributed by atoms with Crippen LogP contribution in [0, 0.1) is 0 Å². The van der Waals surface area contributed by atoms with Crippen molar-refractivity contribution in [2.75, 3.05) is 0 Å². The number of aliphatic hydroxyl groups excluding tert-OH is 2. The smallest absolute Gasteiger partial charge is 0.163 e. The molecular formula is C9H15FO4. The summed E-state index contributed by atoms with van der Waals surface area (Å²) in [5, 5.41) is 18.9. The van der Waals surface area contributed by atoms with Crippen LogP contribution in [0.15, 0.2) is 0 Å². The summed E-state index contributed by atoms with van der Waals surface area (Å²) in [7, 11) is 0. The molecule has 2 aliphatic rings. The van der Waals surface area contributed by atoms with Gasteiger partial charge in [0.1, 0.15) is 24.5 Å². The van der Waals surface area contributed by atoms with Gasteiger partial charge in [-0.2, -0.15) is 0 Å². The van der Waals surface area contributed by atoms with Gasteiger partial charge in [0.25, 0.3) is 0 Å². The third kappa shape index (κ3) is 1.54. The molecule has 0 bridgehead atoms. The molecule has 0 unspecified atom stereocenters. The molecule has 14 heavy (non-hydrogen) atoms. The highest BCUT2D eigenvalue weighted by atomic mass is 19.1. The van der Waals surface area contributed by atoms with E-state index in [-0.39, 0.29) is 6.42 Å².